The van der Waals surface area contributed by atoms with Crippen molar-refractivity contribution in [3.63, 3.8) is 0 Å². The molecule has 0 radical (unpaired) electrons. The molecule has 2 aromatic rings. The molecule has 0 fully saturated rings. The second-order valence-electron chi connectivity index (χ2n) is 3.89. The topological polar surface area (TPSA) is 64.9 Å². The zero-order valence-corrected chi connectivity index (χ0v) is 9.70. The van der Waals surface area contributed by atoms with Gasteiger partial charge >= 0.3 is 0 Å². The molecular weight excluding hydrogens is 240 g/mol. The van der Waals surface area contributed by atoms with Gasteiger partial charge in [-0.3, -0.25) is 0 Å². The van der Waals surface area contributed by atoms with Crippen LogP contribution in [-0.4, -0.2) is 16.7 Å². The Labute approximate surface area is 103 Å². The molecule has 0 aliphatic rings. The molecule has 2 rings (SSSR count). The number of aromatic nitrogens is 2. The number of unbranched alkanes of at least 4 members (excludes halogenated alkanes) is 1. The summed E-state index contributed by atoms with van der Waals surface area (Å²) in [6, 6.07) is 3.49. The molecule has 0 unspecified atom stereocenters. The highest BCUT2D eigenvalue weighted by atomic mass is 19.2. The summed E-state index contributed by atoms with van der Waals surface area (Å²) in [5.41, 5.74) is 5.77. The van der Waals surface area contributed by atoms with Crippen molar-refractivity contribution in [3.8, 4) is 11.4 Å². The van der Waals surface area contributed by atoms with E-state index in [9.17, 15) is 8.78 Å². The van der Waals surface area contributed by atoms with E-state index >= 15 is 0 Å². The maximum atomic E-state index is 13.0. The van der Waals surface area contributed by atoms with E-state index in [0.717, 1.165) is 25.0 Å². The lowest BCUT2D eigenvalue weighted by atomic mass is 10.2. The molecule has 0 bridgehead atoms. The molecular formula is C12H13F2N3O. The van der Waals surface area contributed by atoms with Crippen LogP contribution in [0.5, 0.6) is 0 Å². The molecule has 96 valence electrons. The Balaban J connectivity index is 2.11. The van der Waals surface area contributed by atoms with Crippen molar-refractivity contribution in [2.24, 2.45) is 5.73 Å². The number of hydrogen-bond acceptors (Lipinski definition) is 4. The van der Waals surface area contributed by atoms with Gasteiger partial charge in [-0.25, -0.2) is 8.78 Å². The largest absolute Gasteiger partial charge is 0.339 e. The Morgan fingerprint density at radius 3 is 2.72 bits per heavy atom. The summed E-state index contributed by atoms with van der Waals surface area (Å²) in [4.78, 5) is 4.12. The maximum Gasteiger partial charge on any atom is 0.226 e. The summed E-state index contributed by atoms with van der Waals surface area (Å²) in [6.07, 6.45) is 2.37. The lowest BCUT2D eigenvalue weighted by molar-refractivity contribution is 0.375. The van der Waals surface area contributed by atoms with E-state index in [1.54, 1.807) is 0 Å². The third-order valence-electron chi connectivity index (χ3n) is 2.49. The second kappa shape index (κ2) is 5.68. The molecule has 1 aromatic heterocycles. The van der Waals surface area contributed by atoms with Crippen LogP contribution in [0.15, 0.2) is 22.7 Å². The molecule has 18 heavy (non-hydrogen) atoms. The van der Waals surface area contributed by atoms with Gasteiger partial charge in [0.05, 0.1) is 0 Å². The van der Waals surface area contributed by atoms with Crippen molar-refractivity contribution in [1.29, 1.82) is 0 Å². The smallest absolute Gasteiger partial charge is 0.226 e. The molecule has 0 saturated carbocycles. The van der Waals surface area contributed by atoms with Crippen LogP contribution in [0.2, 0.25) is 0 Å². The van der Waals surface area contributed by atoms with Gasteiger partial charge in [0.1, 0.15) is 0 Å². The molecule has 1 heterocycles. The summed E-state index contributed by atoms with van der Waals surface area (Å²) in [5.74, 6) is -1.09. The Hall–Kier alpha value is -1.82. The van der Waals surface area contributed by atoms with E-state index in [1.807, 2.05) is 0 Å². The summed E-state index contributed by atoms with van der Waals surface area (Å²) >= 11 is 0. The van der Waals surface area contributed by atoms with Gasteiger partial charge in [0, 0.05) is 12.0 Å². The van der Waals surface area contributed by atoms with E-state index < -0.39 is 11.6 Å². The number of nitrogens with zero attached hydrogens (tertiary/aromatic N) is 2. The minimum absolute atomic E-state index is 0.261. The first-order chi connectivity index (χ1) is 8.70. The van der Waals surface area contributed by atoms with Crippen LogP contribution in [0.3, 0.4) is 0 Å². The van der Waals surface area contributed by atoms with Crippen LogP contribution in [0.1, 0.15) is 18.7 Å². The summed E-state index contributed by atoms with van der Waals surface area (Å²) in [6.45, 7) is 0.615. The minimum atomic E-state index is -0.929. The number of aryl methyl sites for hydroxylation is 1. The first-order valence-corrected chi connectivity index (χ1v) is 5.69. The predicted molar refractivity (Wildman–Crippen MR) is 61.6 cm³/mol. The molecule has 1 aromatic carbocycles. The van der Waals surface area contributed by atoms with Gasteiger partial charge in [0.25, 0.3) is 0 Å². The van der Waals surface area contributed by atoms with Crippen molar-refractivity contribution >= 4 is 0 Å². The summed E-state index contributed by atoms with van der Waals surface area (Å²) in [5, 5.41) is 3.73. The van der Waals surface area contributed by atoms with Crippen molar-refractivity contribution in [3.05, 3.63) is 35.7 Å². The third kappa shape index (κ3) is 2.89. The first kappa shape index (κ1) is 12.6. The number of benzene rings is 1. The highest BCUT2D eigenvalue weighted by molar-refractivity contribution is 5.54. The summed E-state index contributed by atoms with van der Waals surface area (Å²) < 4.78 is 30.8. The quantitative estimate of drug-likeness (QED) is 0.830. The van der Waals surface area contributed by atoms with Crippen molar-refractivity contribution in [2.45, 2.75) is 19.3 Å². The van der Waals surface area contributed by atoms with E-state index in [-0.39, 0.29) is 5.82 Å². The van der Waals surface area contributed by atoms with Gasteiger partial charge in [-0.1, -0.05) is 5.16 Å². The van der Waals surface area contributed by atoms with Crippen LogP contribution >= 0.6 is 0 Å². The van der Waals surface area contributed by atoms with Crippen molar-refractivity contribution in [2.75, 3.05) is 6.54 Å². The predicted octanol–water partition coefficient (Wildman–Crippen LogP) is 2.30. The molecule has 2 N–H and O–H groups in total. The Bertz CT molecular complexity index is 528. The van der Waals surface area contributed by atoms with E-state index in [4.69, 9.17) is 10.3 Å². The van der Waals surface area contributed by atoms with Crippen molar-refractivity contribution < 1.29 is 13.3 Å². The van der Waals surface area contributed by atoms with E-state index in [2.05, 4.69) is 10.1 Å². The van der Waals surface area contributed by atoms with Gasteiger partial charge in [-0.2, -0.15) is 4.98 Å². The fourth-order valence-corrected chi connectivity index (χ4v) is 1.53. The van der Waals surface area contributed by atoms with Crippen molar-refractivity contribution in [1.82, 2.24) is 10.1 Å². The number of hydrogen-bond donors (Lipinski definition) is 1. The molecule has 0 atom stereocenters. The van der Waals surface area contributed by atoms with Gasteiger partial charge in [0.15, 0.2) is 11.6 Å². The number of halogens is 2. The molecule has 4 nitrogen and oxygen atoms in total. The monoisotopic (exact) mass is 253 g/mol. The second-order valence-corrected chi connectivity index (χ2v) is 3.89. The average molecular weight is 253 g/mol. The third-order valence-corrected chi connectivity index (χ3v) is 2.49. The Morgan fingerprint density at radius 1 is 1.17 bits per heavy atom. The number of nitrogens with two attached hydrogens (primary N) is 1. The molecule has 6 heteroatoms. The fraction of sp³-hybridized carbons (Fsp3) is 0.333. The van der Waals surface area contributed by atoms with Crippen LogP contribution in [0.25, 0.3) is 11.4 Å². The average Bonchev–Trinajstić information content (AvgIpc) is 2.82. The molecule has 0 spiro atoms. The zero-order valence-electron chi connectivity index (χ0n) is 9.70. The first-order valence-electron chi connectivity index (χ1n) is 5.69. The maximum absolute atomic E-state index is 13.0. The van der Waals surface area contributed by atoms with Gasteiger partial charge in [-0.15, -0.1) is 0 Å². The summed E-state index contributed by atoms with van der Waals surface area (Å²) in [7, 11) is 0. The van der Waals surface area contributed by atoms with E-state index in [1.165, 1.54) is 6.07 Å². The van der Waals surface area contributed by atoms with Crippen LogP contribution in [0, 0.1) is 11.6 Å². The fourth-order valence-electron chi connectivity index (χ4n) is 1.53. The van der Waals surface area contributed by atoms with Crippen LogP contribution in [0.4, 0.5) is 8.78 Å². The minimum Gasteiger partial charge on any atom is -0.339 e. The zero-order chi connectivity index (χ0) is 13.0. The molecule has 0 aliphatic carbocycles. The number of rotatable bonds is 5. The molecule has 0 amide bonds. The van der Waals surface area contributed by atoms with Gasteiger partial charge in [-0.05, 0) is 37.6 Å². The van der Waals surface area contributed by atoms with Crippen LogP contribution in [-0.2, 0) is 6.42 Å². The highest BCUT2D eigenvalue weighted by Crippen LogP contribution is 2.19. The highest BCUT2D eigenvalue weighted by Gasteiger charge is 2.10. The van der Waals surface area contributed by atoms with Gasteiger partial charge in [0.2, 0.25) is 11.7 Å². The normalized spacial score (nSPS) is 10.8. The van der Waals surface area contributed by atoms with E-state index in [0.29, 0.717) is 24.4 Å². The SMILES string of the molecule is NCCCCc1nc(-c2ccc(F)c(F)c2)no1. The van der Waals surface area contributed by atoms with Crippen LogP contribution < -0.4 is 5.73 Å². The molecule has 0 saturated heterocycles. The lowest BCUT2D eigenvalue weighted by Crippen LogP contribution is -1.99. The molecule has 0 aliphatic heterocycles. The van der Waals surface area contributed by atoms with Gasteiger partial charge < -0.3 is 10.3 Å². The Morgan fingerprint density at radius 2 is 2.00 bits per heavy atom. The standard InChI is InChI=1S/C12H13F2N3O/c13-9-5-4-8(7-10(9)14)12-16-11(18-17-12)3-1-2-6-15/h4-5,7H,1-3,6,15H2. The Kier molecular flexibility index (Phi) is 3.99. The lowest BCUT2D eigenvalue weighted by Gasteiger charge is -1.95.